The molecule has 1 aliphatic rings. The van der Waals surface area contributed by atoms with Gasteiger partial charge in [0.05, 0.1) is 47.1 Å². The van der Waals surface area contributed by atoms with E-state index < -0.39 is 23.5 Å². The number of nitrogens with two attached hydrogens (primary N) is 1. The minimum Gasteiger partial charge on any atom is -0.492 e. The highest BCUT2D eigenvalue weighted by molar-refractivity contribution is 6.33. The molecule has 8 nitrogen and oxygen atoms in total. The number of hydrogen-bond acceptors (Lipinski definition) is 5. The van der Waals surface area contributed by atoms with Crippen LogP contribution in [0.15, 0.2) is 42.6 Å². The van der Waals surface area contributed by atoms with Crippen LogP contribution in [-0.2, 0) is 18.0 Å². The Balaban J connectivity index is 1.75. The summed E-state index contributed by atoms with van der Waals surface area (Å²) in [5, 5.41) is 4.31. The summed E-state index contributed by atoms with van der Waals surface area (Å²) in [7, 11) is 1.66. The highest BCUT2D eigenvalue weighted by Gasteiger charge is 2.37. The normalized spacial score (nSPS) is 14.5. The van der Waals surface area contributed by atoms with E-state index in [1.807, 2.05) is 0 Å². The molecular formula is C24H24Cl2F3N5O3. The van der Waals surface area contributed by atoms with Gasteiger partial charge in [-0.3, -0.25) is 14.5 Å². The largest absolute Gasteiger partial charge is 0.492 e. The summed E-state index contributed by atoms with van der Waals surface area (Å²) in [5.74, 6) is 0.416. The van der Waals surface area contributed by atoms with Crippen LogP contribution in [0.4, 0.5) is 29.3 Å². The molecule has 0 spiro atoms. The highest BCUT2D eigenvalue weighted by atomic mass is 35.5. The zero-order chi connectivity index (χ0) is 26.7. The second-order valence-corrected chi connectivity index (χ2v) is 9.12. The number of aryl methyl sites for hydroxylation is 1. The van der Waals surface area contributed by atoms with Gasteiger partial charge < -0.3 is 15.2 Å². The van der Waals surface area contributed by atoms with E-state index in [1.54, 1.807) is 13.1 Å². The van der Waals surface area contributed by atoms with E-state index in [-0.39, 0.29) is 10.7 Å². The zero-order valence-corrected chi connectivity index (χ0v) is 21.3. The second-order valence-electron chi connectivity index (χ2n) is 8.28. The minimum absolute atomic E-state index is 0.0770. The summed E-state index contributed by atoms with van der Waals surface area (Å²) >= 11 is 12.2. The van der Waals surface area contributed by atoms with E-state index in [2.05, 4.69) is 10.00 Å². The van der Waals surface area contributed by atoms with E-state index in [4.69, 9.17) is 38.4 Å². The topological polar surface area (TPSA) is 85.9 Å². The average molecular weight is 558 g/mol. The molecule has 2 aromatic carbocycles. The molecule has 1 saturated heterocycles. The summed E-state index contributed by atoms with van der Waals surface area (Å²) in [6.45, 7) is 3.88. The van der Waals surface area contributed by atoms with Crippen molar-refractivity contribution in [2.24, 2.45) is 12.8 Å². The quantitative estimate of drug-likeness (QED) is 0.423. The summed E-state index contributed by atoms with van der Waals surface area (Å²) in [6.07, 6.45) is -3.35. The van der Waals surface area contributed by atoms with E-state index in [9.17, 15) is 18.0 Å². The molecule has 0 saturated carbocycles. The SMILES string of the molecule is Cn1ncc(Cl)c1-c1cc(N(C(N)=O)c2ccc(Cl)cc2C(F)(F)F)ccc1OCCN1CCOCC1. The molecule has 1 aromatic heterocycles. The first-order valence-electron chi connectivity index (χ1n) is 11.3. The molecule has 198 valence electrons. The Hall–Kier alpha value is -2.99. The van der Waals surface area contributed by atoms with Crippen LogP contribution in [0.5, 0.6) is 5.75 Å². The number of morpholine rings is 1. The Morgan fingerprint density at radius 3 is 2.54 bits per heavy atom. The molecule has 37 heavy (non-hydrogen) atoms. The molecule has 13 heteroatoms. The molecule has 1 fully saturated rings. The van der Waals surface area contributed by atoms with Gasteiger partial charge in [-0.05, 0) is 36.4 Å². The molecule has 3 aromatic rings. The van der Waals surface area contributed by atoms with Crippen LogP contribution in [0, 0.1) is 0 Å². The van der Waals surface area contributed by atoms with Crippen molar-refractivity contribution < 1.29 is 27.4 Å². The van der Waals surface area contributed by atoms with Gasteiger partial charge in [-0.15, -0.1) is 0 Å². The third-order valence-corrected chi connectivity index (χ3v) is 6.38. The molecule has 0 aliphatic carbocycles. The molecule has 0 radical (unpaired) electrons. The predicted molar refractivity (Wildman–Crippen MR) is 135 cm³/mol. The van der Waals surface area contributed by atoms with Crippen molar-refractivity contribution in [3.8, 4) is 17.0 Å². The van der Waals surface area contributed by atoms with Gasteiger partial charge in [0.1, 0.15) is 12.4 Å². The summed E-state index contributed by atoms with van der Waals surface area (Å²) in [5.41, 5.74) is 4.97. The number of anilines is 2. The first kappa shape index (κ1) is 27.1. The average Bonchev–Trinajstić information content (AvgIpc) is 3.18. The number of primary amides is 1. The van der Waals surface area contributed by atoms with Crippen LogP contribution < -0.4 is 15.4 Å². The van der Waals surface area contributed by atoms with Gasteiger partial charge in [-0.25, -0.2) is 4.79 Å². The number of carbonyl (C=O) groups excluding carboxylic acids is 1. The van der Waals surface area contributed by atoms with E-state index in [0.29, 0.717) is 48.4 Å². The van der Waals surface area contributed by atoms with Gasteiger partial charge in [0, 0.05) is 37.3 Å². The number of ether oxygens (including phenoxy) is 2. The second kappa shape index (κ2) is 11.2. The molecule has 0 atom stereocenters. The number of nitrogens with zero attached hydrogens (tertiary/aromatic N) is 4. The monoisotopic (exact) mass is 557 g/mol. The Labute approximate surface area is 221 Å². The maximum atomic E-state index is 13.8. The highest BCUT2D eigenvalue weighted by Crippen LogP contribution is 2.43. The van der Waals surface area contributed by atoms with Crippen molar-refractivity contribution in [2.45, 2.75) is 6.18 Å². The third kappa shape index (κ3) is 6.12. The number of aromatic nitrogens is 2. The van der Waals surface area contributed by atoms with Crippen molar-refractivity contribution in [1.29, 1.82) is 0 Å². The Kier molecular flexibility index (Phi) is 8.17. The van der Waals surface area contributed by atoms with Crippen LogP contribution in [0.3, 0.4) is 0 Å². The van der Waals surface area contributed by atoms with Gasteiger partial charge in [0.25, 0.3) is 0 Å². The fourth-order valence-electron chi connectivity index (χ4n) is 4.11. The van der Waals surface area contributed by atoms with Crippen LogP contribution in [0.1, 0.15) is 5.56 Å². The predicted octanol–water partition coefficient (Wildman–Crippen LogP) is 5.34. The number of rotatable bonds is 7. The standard InChI is InChI=1S/C24H24Cl2F3N5O3/c1-32-22(19(26)14-31-32)17-13-16(3-5-21(17)37-11-8-33-6-9-36-10-7-33)34(23(30)35)20-4-2-15(25)12-18(20)24(27,28)29/h2-5,12-14H,6-11H2,1H3,(H2,30,35). The Morgan fingerprint density at radius 2 is 1.92 bits per heavy atom. The molecule has 0 unspecified atom stereocenters. The van der Waals surface area contributed by atoms with Crippen molar-refractivity contribution in [3.63, 3.8) is 0 Å². The van der Waals surface area contributed by atoms with Gasteiger partial charge in [0.2, 0.25) is 0 Å². The molecule has 0 bridgehead atoms. The molecule has 2 heterocycles. The molecule has 1 aliphatic heterocycles. The van der Waals surface area contributed by atoms with E-state index >= 15 is 0 Å². The van der Waals surface area contributed by atoms with Gasteiger partial charge in [-0.1, -0.05) is 23.2 Å². The number of urea groups is 1. The fraction of sp³-hybridized carbons (Fsp3) is 0.333. The maximum Gasteiger partial charge on any atom is 0.418 e. The smallest absolute Gasteiger partial charge is 0.418 e. The molecule has 4 rings (SSSR count). The number of hydrogen-bond donors (Lipinski definition) is 1. The zero-order valence-electron chi connectivity index (χ0n) is 19.8. The van der Waals surface area contributed by atoms with Gasteiger partial charge in [-0.2, -0.15) is 18.3 Å². The number of halogens is 5. The fourth-order valence-corrected chi connectivity index (χ4v) is 4.55. The van der Waals surface area contributed by atoms with E-state index in [1.165, 1.54) is 29.1 Å². The lowest BCUT2D eigenvalue weighted by atomic mass is 10.1. The van der Waals surface area contributed by atoms with Crippen molar-refractivity contribution in [3.05, 3.63) is 58.2 Å². The van der Waals surface area contributed by atoms with Crippen LogP contribution >= 0.6 is 23.2 Å². The van der Waals surface area contributed by atoms with Crippen LogP contribution in [0.25, 0.3) is 11.3 Å². The Bertz CT molecular complexity index is 1260. The first-order chi connectivity index (χ1) is 17.6. The van der Waals surface area contributed by atoms with Crippen molar-refractivity contribution in [2.75, 3.05) is 44.4 Å². The van der Waals surface area contributed by atoms with Crippen LogP contribution in [0.2, 0.25) is 10.0 Å². The number of benzene rings is 2. The van der Waals surface area contributed by atoms with Gasteiger partial charge >= 0.3 is 12.2 Å². The molecular weight excluding hydrogens is 534 g/mol. The van der Waals surface area contributed by atoms with Crippen LogP contribution in [-0.4, -0.2) is 60.2 Å². The molecule has 2 amide bonds. The molecule has 2 N–H and O–H groups in total. The summed E-state index contributed by atoms with van der Waals surface area (Å²) < 4.78 is 54.4. The third-order valence-electron chi connectivity index (χ3n) is 5.86. The number of alkyl halides is 3. The van der Waals surface area contributed by atoms with Gasteiger partial charge in [0.15, 0.2) is 0 Å². The van der Waals surface area contributed by atoms with E-state index in [0.717, 1.165) is 30.1 Å². The lowest BCUT2D eigenvalue weighted by Gasteiger charge is -2.27. The van der Waals surface area contributed by atoms with Crippen molar-refractivity contribution >= 4 is 40.6 Å². The number of carbonyl (C=O) groups is 1. The summed E-state index contributed by atoms with van der Waals surface area (Å²) in [6, 6.07) is 6.49. The minimum atomic E-state index is -4.79. The summed E-state index contributed by atoms with van der Waals surface area (Å²) in [4.78, 5) is 15.5. The lowest BCUT2D eigenvalue weighted by Crippen LogP contribution is -2.38. The first-order valence-corrected chi connectivity index (χ1v) is 12.0. The lowest BCUT2D eigenvalue weighted by molar-refractivity contribution is -0.137. The maximum absolute atomic E-state index is 13.8. The Morgan fingerprint density at radius 1 is 1.19 bits per heavy atom. The number of amides is 2. The van der Waals surface area contributed by atoms with Crippen molar-refractivity contribution in [1.82, 2.24) is 14.7 Å².